The fraction of sp³-hybridized carbons (Fsp3) is 0.278. The van der Waals surface area contributed by atoms with E-state index in [1.165, 1.54) is 0 Å². The number of benzene rings is 1. The SMILES string of the molecule is Cc1cc(C(=O)NCC(O)c2cn(C)c3ccccc23)c(C)o1. The maximum atomic E-state index is 12.2. The van der Waals surface area contributed by atoms with Crippen LogP contribution in [-0.2, 0) is 7.05 Å². The fourth-order valence-electron chi connectivity index (χ4n) is 2.89. The molecule has 5 nitrogen and oxygen atoms in total. The summed E-state index contributed by atoms with van der Waals surface area (Å²) in [6.07, 6.45) is 1.13. The number of amides is 1. The van der Waals surface area contributed by atoms with Gasteiger partial charge >= 0.3 is 0 Å². The van der Waals surface area contributed by atoms with E-state index < -0.39 is 6.10 Å². The summed E-state index contributed by atoms with van der Waals surface area (Å²) in [6, 6.07) is 9.58. The lowest BCUT2D eigenvalue weighted by Gasteiger charge is -2.11. The molecule has 0 spiro atoms. The largest absolute Gasteiger partial charge is 0.466 e. The Morgan fingerprint density at radius 1 is 1.35 bits per heavy atom. The maximum absolute atomic E-state index is 12.2. The molecule has 23 heavy (non-hydrogen) atoms. The molecule has 0 saturated carbocycles. The molecular weight excluding hydrogens is 292 g/mol. The summed E-state index contributed by atoms with van der Waals surface area (Å²) in [5, 5.41) is 14.2. The summed E-state index contributed by atoms with van der Waals surface area (Å²) in [5.74, 6) is 1.04. The van der Waals surface area contributed by atoms with Crippen molar-refractivity contribution < 1.29 is 14.3 Å². The van der Waals surface area contributed by atoms with Gasteiger partial charge in [0.2, 0.25) is 0 Å². The second-order valence-electron chi connectivity index (χ2n) is 5.77. The van der Waals surface area contributed by atoms with Crippen LogP contribution in [0.3, 0.4) is 0 Å². The first-order valence-electron chi connectivity index (χ1n) is 7.54. The lowest BCUT2D eigenvalue weighted by atomic mass is 10.1. The smallest absolute Gasteiger partial charge is 0.254 e. The van der Waals surface area contributed by atoms with Crippen LogP contribution in [0.1, 0.15) is 33.5 Å². The minimum atomic E-state index is -0.765. The summed E-state index contributed by atoms with van der Waals surface area (Å²) in [5.41, 5.74) is 2.37. The third-order valence-electron chi connectivity index (χ3n) is 4.03. The molecule has 0 aliphatic carbocycles. The number of carbonyl (C=O) groups excluding carboxylic acids is 1. The summed E-state index contributed by atoms with van der Waals surface area (Å²) in [7, 11) is 1.94. The van der Waals surface area contributed by atoms with Crippen LogP contribution in [0.2, 0.25) is 0 Å². The Bertz CT molecular complexity index is 860. The number of rotatable bonds is 4. The predicted molar refractivity (Wildman–Crippen MR) is 88.4 cm³/mol. The van der Waals surface area contributed by atoms with Gasteiger partial charge < -0.3 is 19.4 Å². The molecule has 2 heterocycles. The zero-order chi connectivity index (χ0) is 16.6. The Hall–Kier alpha value is -2.53. The minimum absolute atomic E-state index is 0.149. The zero-order valence-electron chi connectivity index (χ0n) is 13.5. The molecule has 3 aromatic rings. The highest BCUT2D eigenvalue weighted by atomic mass is 16.3. The first kappa shape index (κ1) is 15.4. The number of aliphatic hydroxyl groups is 1. The lowest BCUT2D eigenvalue weighted by Crippen LogP contribution is -2.28. The maximum Gasteiger partial charge on any atom is 0.254 e. The van der Waals surface area contributed by atoms with E-state index >= 15 is 0 Å². The predicted octanol–water partition coefficient (Wildman–Crippen LogP) is 2.85. The van der Waals surface area contributed by atoms with Gasteiger partial charge in [0, 0.05) is 36.3 Å². The number of nitrogens with zero attached hydrogens (tertiary/aromatic N) is 1. The van der Waals surface area contributed by atoms with Crippen LogP contribution in [-0.4, -0.2) is 22.1 Å². The molecule has 5 heteroatoms. The quantitative estimate of drug-likeness (QED) is 0.778. The van der Waals surface area contributed by atoms with Crippen molar-refractivity contribution in [2.24, 2.45) is 7.05 Å². The van der Waals surface area contributed by atoms with Crippen LogP contribution in [0, 0.1) is 13.8 Å². The number of carbonyl (C=O) groups is 1. The molecule has 2 N–H and O–H groups in total. The summed E-state index contributed by atoms with van der Waals surface area (Å²) in [6.45, 7) is 3.70. The third-order valence-corrected chi connectivity index (χ3v) is 4.03. The zero-order valence-corrected chi connectivity index (χ0v) is 13.5. The number of aliphatic hydroxyl groups excluding tert-OH is 1. The van der Waals surface area contributed by atoms with Crippen LogP contribution >= 0.6 is 0 Å². The van der Waals surface area contributed by atoms with E-state index in [-0.39, 0.29) is 12.5 Å². The first-order chi connectivity index (χ1) is 11.0. The number of furan rings is 1. The molecule has 3 rings (SSSR count). The molecular formula is C18H20N2O3. The molecule has 120 valence electrons. The normalized spacial score (nSPS) is 12.5. The monoisotopic (exact) mass is 312 g/mol. The van der Waals surface area contributed by atoms with E-state index in [2.05, 4.69) is 5.32 Å². The van der Waals surface area contributed by atoms with Gasteiger partial charge in [-0.3, -0.25) is 4.79 Å². The Morgan fingerprint density at radius 2 is 2.09 bits per heavy atom. The molecule has 0 saturated heterocycles. The minimum Gasteiger partial charge on any atom is -0.466 e. The number of nitrogens with one attached hydrogen (secondary N) is 1. The highest BCUT2D eigenvalue weighted by Crippen LogP contribution is 2.25. The molecule has 1 atom stereocenters. The van der Waals surface area contributed by atoms with Gasteiger partial charge in [0.15, 0.2) is 0 Å². The van der Waals surface area contributed by atoms with Crippen molar-refractivity contribution in [3.05, 3.63) is 59.2 Å². The van der Waals surface area contributed by atoms with E-state index in [0.717, 1.165) is 16.5 Å². The molecule has 2 aromatic heterocycles. The van der Waals surface area contributed by atoms with Crippen molar-refractivity contribution >= 4 is 16.8 Å². The number of aromatic nitrogens is 1. The van der Waals surface area contributed by atoms with E-state index in [9.17, 15) is 9.90 Å². The van der Waals surface area contributed by atoms with Crippen molar-refractivity contribution in [2.75, 3.05) is 6.54 Å². The summed E-state index contributed by atoms with van der Waals surface area (Å²) >= 11 is 0. The highest BCUT2D eigenvalue weighted by molar-refractivity contribution is 5.95. The van der Waals surface area contributed by atoms with Crippen LogP contribution in [0.5, 0.6) is 0 Å². The molecule has 0 radical (unpaired) electrons. The standard InChI is InChI=1S/C18H20N2O3/c1-11-8-14(12(2)23-11)18(22)19-9-17(21)15-10-20(3)16-7-5-4-6-13(15)16/h4-8,10,17,21H,9H2,1-3H3,(H,19,22). The van der Waals surface area contributed by atoms with E-state index in [0.29, 0.717) is 17.1 Å². The van der Waals surface area contributed by atoms with Gasteiger partial charge in [-0.05, 0) is 26.0 Å². The summed E-state index contributed by atoms with van der Waals surface area (Å²) in [4.78, 5) is 12.2. The number of fused-ring (bicyclic) bond motifs is 1. The Kier molecular flexibility index (Phi) is 3.96. The first-order valence-corrected chi connectivity index (χ1v) is 7.54. The van der Waals surface area contributed by atoms with Gasteiger partial charge in [-0.2, -0.15) is 0 Å². The van der Waals surface area contributed by atoms with Gasteiger partial charge in [0.25, 0.3) is 5.91 Å². The Balaban J connectivity index is 1.75. The van der Waals surface area contributed by atoms with E-state index in [4.69, 9.17) is 4.42 Å². The van der Waals surface area contributed by atoms with Crippen LogP contribution in [0.4, 0.5) is 0 Å². The van der Waals surface area contributed by atoms with Crippen LogP contribution < -0.4 is 5.32 Å². The van der Waals surface area contributed by atoms with Crippen molar-refractivity contribution in [1.29, 1.82) is 0 Å². The van der Waals surface area contributed by atoms with E-state index in [1.807, 2.05) is 42.1 Å². The second-order valence-corrected chi connectivity index (χ2v) is 5.77. The van der Waals surface area contributed by atoms with Gasteiger partial charge in [0.05, 0.1) is 11.7 Å². The molecule has 1 aromatic carbocycles. The fourth-order valence-corrected chi connectivity index (χ4v) is 2.89. The second kappa shape index (κ2) is 5.93. The number of hydrogen-bond donors (Lipinski definition) is 2. The molecule has 0 bridgehead atoms. The molecule has 0 aliphatic rings. The average molecular weight is 312 g/mol. The van der Waals surface area contributed by atoms with Crippen molar-refractivity contribution in [2.45, 2.75) is 20.0 Å². The molecule has 1 amide bonds. The number of hydrogen-bond acceptors (Lipinski definition) is 3. The number of para-hydroxylation sites is 1. The van der Waals surface area contributed by atoms with Crippen LogP contribution in [0.15, 0.2) is 40.9 Å². The molecule has 0 fully saturated rings. The number of aryl methyl sites for hydroxylation is 3. The lowest BCUT2D eigenvalue weighted by molar-refractivity contribution is 0.0915. The van der Waals surface area contributed by atoms with Crippen molar-refractivity contribution in [1.82, 2.24) is 9.88 Å². The van der Waals surface area contributed by atoms with Gasteiger partial charge in [-0.15, -0.1) is 0 Å². The van der Waals surface area contributed by atoms with Crippen molar-refractivity contribution in [3.8, 4) is 0 Å². The average Bonchev–Trinajstić information content (AvgIpc) is 3.05. The highest BCUT2D eigenvalue weighted by Gasteiger charge is 2.18. The Labute approximate surface area is 134 Å². The third kappa shape index (κ3) is 2.87. The summed E-state index contributed by atoms with van der Waals surface area (Å²) < 4.78 is 7.33. The van der Waals surface area contributed by atoms with Gasteiger partial charge in [0.1, 0.15) is 11.5 Å². The molecule has 0 aliphatic heterocycles. The topological polar surface area (TPSA) is 67.4 Å². The van der Waals surface area contributed by atoms with Gasteiger partial charge in [-0.25, -0.2) is 0 Å². The molecule has 1 unspecified atom stereocenters. The van der Waals surface area contributed by atoms with Crippen molar-refractivity contribution in [3.63, 3.8) is 0 Å². The Morgan fingerprint density at radius 3 is 2.78 bits per heavy atom. The van der Waals surface area contributed by atoms with E-state index in [1.54, 1.807) is 19.9 Å². The van der Waals surface area contributed by atoms with Gasteiger partial charge in [-0.1, -0.05) is 18.2 Å². The van der Waals surface area contributed by atoms with Crippen LogP contribution in [0.25, 0.3) is 10.9 Å².